The summed E-state index contributed by atoms with van der Waals surface area (Å²) in [6, 6.07) is 0. The van der Waals surface area contributed by atoms with Crippen LogP contribution in [0.4, 0.5) is 0 Å². The van der Waals surface area contributed by atoms with Gasteiger partial charge in [-0.1, -0.05) is 58.3 Å². The van der Waals surface area contributed by atoms with E-state index in [-0.39, 0.29) is 13.2 Å². The first kappa shape index (κ1) is 19.8. The van der Waals surface area contributed by atoms with Crippen molar-refractivity contribution in [1.82, 2.24) is 0 Å². The maximum absolute atomic E-state index is 9.80. The van der Waals surface area contributed by atoms with Gasteiger partial charge in [0.1, 0.15) is 24.4 Å². The third-order valence-electron chi connectivity index (χ3n) is 4.29. The Balaban J connectivity index is 2.01. The third-order valence-corrected chi connectivity index (χ3v) is 4.29. The average Bonchev–Trinajstić information content (AvgIpc) is 2.89. The minimum atomic E-state index is -0.995. The zero-order chi connectivity index (χ0) is 16.2. The summed E-state index contributed by atoms with van der Waals surface area (Å²) >= 11 is 0. The number of hydrogen-bond donors (Lipinski definition) is 3. The van der Waals surface area contributed by atoms with Crippen molar-refractivity contribution in [3.05, 3.63) is 0 Å². The quantitative estimate of drug-likeness (QED) is 0.453. The van der Waals surface area contributed by atoms with Crippen LogP contribution >= 0.6 is 0 Å². The Hall–Kier alpha value is -0.200. The fourth-order valence-electron chi connectivity index (χ4n) is 2.89. The first-order valence-corrected chi connectivity index (χ1v) is 8.90. The Bertz CT molecular complexity index is 261. The van der Waals surface area contributed by atoms with Gasteiger partial charge in [0.05, 0.1) is 13.2 Å². The highest BCUT2D eigenvalue weighted by atomic mass is 16.6. The van der Waals surface area contributed by atoms with Gasteiger partial charge in [-0.05, 0) is 6.42 Å². The van der Waals surface area contributed by atoms with Crippen LogP contribution in [0.15, 0.2) is 0 Å². The molecule has 1 rings (SSSR count). The van der Waals surface area contributed by atoms with Crippen LogP contribution in [0, 0.1) is 0 Å². The first-order chi connectivity index (χ1) is 10.7. The van der Waals surface area contributed by atoms with Crippen molar-refractivity contribution in [3.63, 3.8) is 0 Å². The Kier molecular flexibility index (Phi) is 11.1. The average molecular weight is 318 g/mol. The molecule has 0 spiro atoms. The summed E-state index contributed by atoms with van der Waals surface area (Å²) in [6.07, 6.45) is 8.38. The molecule has 132 valence electrons. The minimum Gasteiger partial charge on any atom is -0.394 e. The lowest BCUT2D eigenvalue weighted by atomic mass is 10.1. The van der Waals surface area contributed by atoms with Gasteiger partial charge in [-0.25, -0.2) is 0 Å². The van der Waals surface area contributed by atoms with Gasteiger partial charge in [0, 0.05) is 6.61 Å². The second-order valence-corrected chi connectivity index (χ2v) is 6.28. The summed E-state index contributed by atoms with van der Waals surface area (Å²) in [5.74, 6) is 0. The molecule has 1 fully saturated rings. The highest BCUT2D eigenvalue weighted by Gasteiger charge is 2.40. The molecule has 1 aliphatic heterocycles. The van der Waals surface area contributed by atoms with Gasteiger partial charge in [-0.3, -0.25) is 0 Å². The summed E-state index contributed by atoms with van der Waals surface area (Å²) in [4.78, 5) is 0. The van der Waals surface area contributed by atoms with Gasteiger partial charge in [0.2, 0.25) is 0 Å². The van der Waals surface area contributed by atoms with E-state index in [0.717, 1.165) is 12.8 Å². The lowest BCUT2D eigenvalue weighted by Crippen LogP contribution is -2.42. The fourth-order valence-corrected chi connectivity index (χ4v) is 2.89. The Morgan fingerprint density at radius 1 is 1.05 bits per heavy atom. The van der Waals surface area contributed by atoms with Crippen LogP contribution < -0.4 is 0 Å². The summed E-state index contributed by atoms with van der Waals surface area (Å²) in [5.41, 5.74) is 0. The predicted octanol–water partition coefficient (Wildman–Crippen LogP) is 2.02. The lowest BCUT2D eigenvalue weighted by molar-refractivity contribution is -0.0938. The van der Waals surface area contributed by atoms with E-state index >= 15 is 0 Å². The van der Waals surface area contributed by atoms with E-state index in [1.54, 1.807) is 0 Å². The zero-order valence-electron chi connectivity index (χ0n) is 14.0. The summed E-state index contributed by atoms with van der Waals surface area (Å²) in [7, 11) is 0. The number of ether oxygens (including phenoxy) is 2. The molecule has 0 aliphatic carbocycles. The normalized spacial score (nSPS) is 26.5. The summed E-state index contributed by atoms with van der Waals surface area (Å²) < 4.78 is 11.0. The number of hydrogen-bond acceptors (Lipinski definition) is 5. The zero-order valence-corrected chi connectivity index (χ0v) is 14.0. The standard InChI is InChI=1S/C17H34O5/c1-2-3-4-5-6-7-8-9-10-11-21-17-15(20)13-22-16(17)14(19)12-18/h14-20H,2-13H2,1H3/t14-,15+,16+,17+/m1/s1. The van der Waals surface area contributed by atoms with Crippen LogP contribution in [-0.2, 0) is 9.47 Å². The molecule has 1 heterocycles. The molecule has 0 unspecified atom stereocenters. The third kappa shape index (κ3) is 7.38. The van der Waals surface area contributed by atoms with Crippen molar-refractivity contribution in [2.24, 2.45) is 0 Å². The number of rotatable bonds is 13. The van der Waals surface area contributed by atoms with Crippen LogP contribution in [-0.4, -0.2) is 59.6 Å². The van der Waals surface area contributed by atoms with Crippen LogP contribution in [0.25, 0.3) is 0 Å². The summed E-state index contributed by atoms with van der Waals surface area (Å²) in [6.45, 7) is 2.57. The van der Waals surface area contributed by atoms with E-state index in [0.29, 0.717) is 6.61 Å². The fraction of sp³-hybridized carbons (Fsp3) is 1.00. The molecular weight excluding hydrogens is 284 g/mol. The second-order valence-electron chi connectivity index (χ2n) is 6.28. The lowest BCUT2D eigenvalue weighted by Gasteiger charge is -2.23. The molecule has 4 atom stereocenters. The van der Waals surface area contributed by atoms with Crippen molar-refractivity contribution < 1.29 is 24.8 Å². The topological polar surface area (TPSA) is 79.2 Å². The molecule has 1 saturated heterocycles. The molecule has 0 bridgehead atoms. The van der Waals surface area contributed by atoms with Crippen LogP contribution in [0.2, 0.25) is 0 Å². The van der Waals surface area contributed by atoms with E-state index in [4.69, 9.17) is 14.6 Å². The molecule has 0 aromatic heterocycles. The SMILES string of the molecule is CCCCCCCCCCCO[C@@H]1[C@H]([C@H](O)CO)OC[C@@H]1O. The van der Waals surface area contributed by atoms with Gasteiger partial charge >= 0.3 is 0 Å². The number of aliphatic hydroxyl groups is 3. The van der Waals surface area contributed by atoms with Gasteiger partial charge < -0.3 is 24.8 Å². The Morgan fingerprint density at radius 2 is 1.64 bits per heavy atom. The van der Waals surface area contributed by atoms with E-state index < -0.39 is 24.4 Å². The van der Waals surface area contributed by atoms with Crippen molar-refractivity contribution in [2.45, 2.75) is 89.1 Å². The molecule has 22 heavy (non-hydrogen) atoms. The van der Waals surface area contributed by atoms with Gasteiger partial charge in [-0.15, -0.1) is 0 Å². The first-order valence-electron chi connectivity index (χ1n) is 8.90. The van der Waals surface area contributed by atoms with Crippen LogP contribution in [0.1, 0.15) is 64.7 Å². The van der Waals surface area contributed by atoms with Crippen LogP contribution in [0.5, 0.6) is 0 Å². The molecular formula is C17H34O5. The van der Waals surface area contributed by atoms with Crippen molar-refractivity contribution >= 4 is 0 Å². The molecule has 0 amide bonds. The molecule has 3 N–H and O–H groups in total. The van der Waals surface area contributed by atoms with Gasteiger partial charge in [0.15, 0.2) is 0 Å². The van der Waals surface area contributed by atoms with Gasteiger partial charge in [-0.2, -0.15) is 0 Å². The highest BCUT2D eigenvalue weighted by molar-refractivity contribution is 4.89. The second kappa shape index (κ2) is 12.3. The molecule has 0 aromatic rings. The Morgan fingerprint density at radius 3 is 2.23 bits per heavy atom. The van der Waals surface area contributed by atoms with E-state index in [2.05, 4.69) is 6.92 Å². The molecule has 0 radical (unpaired) electrons. The van der Waals surface area contributed by atoms with E-state index in [9.17, 15) is 10.2 Å². The predicted molar refractivity (Wildman–Crippen MR) is 85.8 cm³/mol. The number of unbranched alkanes of at least 4 members (excludes halogenated alkanes) is 8. The van der Waals surface area contributed by atoms with E-state index in [1.807, 2.05) is 0 Å². The van der Waals surface area contributed by atoms with Gasteiger partial charge in [0.25, 0.3) is 0 Å². The smallest absolute Gasteiger partial charge is 0.114 e. The molecule has 5 heteroatoms. The van der Waals surface area contributed by atoms with Crippen molar-refractivity contribution in [3.8, 4) is 0 Å². The molecule has 5 nitrogen and oxygen atoms in total. The molecule has 0 saturated carbocycles. The largest absolute Gasteiger partial charge is 0.394 e. The van der Waals surface area contributed by atoms with Crippen LogP contribution in [0.3, 0.4) is 0 Å². The molecule has 1 aliphatic rings. The Labute approximate surface area is 134 Å². The van der Waals surface area contributed by atoms with Crippen molar-refractivity contribution in [1.29, 1.82) is 0 Å². The van der Waals surface area contributed by atoms with E-state index in [1.165, 1.54) is 44.9 Å². The monoisotopic (exact) mass is 318 g/mol. The highest BCUT2D eigenvalue weighted by Crippen LogP contribution is 2.21. The number of aliphatic hydroxyl groups excluding tert-OH is 3. The maximum atomic E-state index is 9.80. The minimum absolute atomic E-state index is 0.157. The summed E-state index contributed by atoms with van der Waals surface area (Å²) in [5, 5.41) is 28.4. The molecule has 0 aromatic carbocycles. The van der Waals surface area contributed by atoms with Crippen molar-refractivity contribution in [2.75, 3.05) is 19.8 Å². The maximum Gasteiger partial charge on any atom is 0.114 e.